The number of pyridine rings is 1. The van der Waals surface area contributed by atoms with Crippen LogP contribution in [0.15, 0.2) is 36.7 Å². The zero-order valence-corrected chi connectivity index (χ0v) is 18.1. The summed E-state index contributed by atoms with van der Waals surface area (Å²) < 4.78 is 7.33. The van der Waals surface area contributed by atoms with E-state index in [1.807, 2.05) is 0 Å². The molecule has 3 heterocycles. The fraction of sp³-hybridized carbons (Fsp3) is 0.417. The lowest BCUT2D eigenvalue weighted by Crippen LogP contribution is -2.32. The molecule has 0 fully saturated rings. The highest BCUT2D eigenvalue weighted by Gasteiger charge is 2.30. The Morgan fingerprint density at radius 3 is 2.87 bits per heavy atom. The normalized spacial score (nSPS) is 16.3. The summed E-state index contributed by atoms with van der Waals surface area (Å²) in [6.45, 7) is 8.24. The molecule has 0 aliphatic carbocycles. The Kier molecular flexibility index (Phi) is 5.38. The topological polar surface area (TPSA) is 67.6 Å². The van der Waals surface area contributed by atoms with Crippen LogP contribution in [-0.4, -0.2) is 45.7 Å². The van der Waals surface area contributed by atoms with Crippen molar-refractivity contribution in [3.63, 3.8) is 0 Å². The van der Waals surface area contributed by atoms with Crippen molar-refractivity contribution in [2.75, 3.05) is 20.2 Å². The molecule has 1 aliphatic heterocycles. The molecule has 1 aromatic carbocycles. The third-order valence-corrected chi connectivity index (χ3v) is 5.94. The number of benzene rings is 1. The van der Waals surface area contributed by atoms with Crippen LogP contribution in [0, 0.1) is 6.92 Å². The van der Waals surface area contributed by atoms with Crippen molar-refractivity contribution in [2.45, 2.75) is 45.9 Å². The number of fused-ring (bicyclic) bond motifs is 3. The van der Waals surface area contributed by atoms with Crippen molar-refractivity contribution in [1.82, 2.24) is 14.5 Å². The summed E-state index contributed by atoms with van der Waals surface area (Å²) in [5.74, 6) is -0.426. The number of hydrogen-bond donors (Lipinski definition) is 1. The molecule has 2 aromatic heterocycles. The first kappa shape index (κ1) is 20.6. The second-order valence-electron chi connectivity index (χ2n) is 8.48. The van der Waals surface area contributed by atoms with Gasteiger partial charge in [0.1, 0.15) is 5.60 Å². The van der Waals surface area contributed by atoms with Crippen molar-refractivity contribution >= 4 is 16.9 Å². The minimum atomic E-state index is -1.19. The van der Waals surface area contributed by atoms with Gasteiger partial charge < -0.3 is 19.3 Å². The maximum absolute atomic E-state index is 12.1. The monoisotopic (exact) mass is 407 g/mol. The van der Waals surface area contributed by atoms with E-state index in [1.165, 1.54) is 28.4 Å². The third kappa shape index (κ3) is 3.73. The zero-order valence-electron chi connectivity index (χ0n) is 18.1. The number of aliphatic hydroxyl groups is 1. The molecule has 1 unspecified atom stereocenters. The highest BCUT2D eigenvalue weighted by atomic mass is 16.5. The van der Waals surface area contributed by atoms with Crippen LogP contribution in [0.5, 0.6) is 0 Å². The van der Waals surface area contributed by atoms with Gasteiger partial charge in [-0.15, -0.1) is 0 Å². The Morgan fingerprint density at radius 2 is 2.10 bits per heavy atom. The van der Waals surface area contributed by atoms with Crippen molar-refractivity contribution in [3.8, 4) is 0 Å². The van der Waals surface area contributed by atoms with Gasteiger partial charge in [0.15, 0.2) is 0 Å². The summed E-state index contributed by atoms with van der Waals surface area (Å²) in [5.41, 5.74) is 4.75. The maximum atomic E-state index is 12.1. The molecular weight excluding hydrogens is 378 g/mol. The number of carbonyl (C=O) groups is 1. The van der Waals surface area contributed by atoms with Gasteiger partial charge in [-0.1, -0.05) is 11.6 Å². The van der Waals surface area contributed by atoms with E-state index in [0.717, 1.165) is 25.0 Å². The van der Waals surface area contributed by atoms with Crippen LogP contribution in [0.25, 0.3) is 10.9 Å². The minimum Gasteiger partial charge on any atom is -0.462 e. The van der Waals surface area contributed by atoms with E-state index >= 15 is 0 Å². The number of carbonyl (C=O) groups excluding carboxylic acids is 1. The number of aryl methyl sites for hydroxylation is 1. The molecule has 6 nitrogen and oxygen atoms in total. The van der Waals surface area contributed by atoms with Gasteiger partial charge in [0.25, 0.3) is 0 Å². The lowest BCUT2D eigenvalue weighted by molar-refractivity contribution is 0.0378. The van der Waals surface area contributed by atoms with E-state index in [1.54, 1.807) is 26.1 Å². The number of aromatic nitrogens is 2. The molecular formula is C24H29N3O3. The van der Waals surface area contributed by atoms with Crippen LogP contribution in [0.4, 0.5) is 0 Å². The van der Waals surface area contributed by atoms with E-state index in [4.69, 9.17) is 4.74 Å². The molecule has 0 amide bonds. The first-order valence-corrected chi connectivity index (χ1v) is 10.4. The van der Waals surface area contributed by atoms with Crippen molar-refractivity contribution in [1.29, 1.82) is 0 Å². The molecule has 6 heteroatoms. The molecule has 1 aliphatic rings. The molecule has 0 saturated carbocycles. The molecule has 30 heavy (non-hydrogen) atoms. The number of likely N-dealkylation sites (N-methyl/N-ethyl adjacent to an activating group) is 1. The molecule has 3 aromatic rings. The zero-order chi connectivity index (χ0) is 21.5. The first-order chi connectivity index (χ1) is 14.3. The van der Waals surface area contributed by atoms with E-state index in [0.29, 0.717) is 24.3 Å². The summed E-state index contributed by atoms with van der Waals surface area (Å²) in [6.07, 6.45) is 4.04. The number of rotatable bonds is 5. The lowest BCUT2D eigenvalue weighted by atomic mass is 9.96. The Labute approximate surface area is 177 Å². The molecule has 0 spiro atoms. The minimum absolute atomic E-state index is 0.300. The van der Waals surface area contributed by atoms with Gasteiger partial charge in [-0.3, -0.25) is 4.98 Å². The molecule has 4 rings (SSSR count). The predicted octanol–water partition coefficient (Wildman–Crippen LogP) is 3.42. The Morgan fingerprint density at radius 1 is 1.30 bits per heavy atom. The summed E-state index contributed by atoms with van der Waals surface area (Å²) in [7, 11) is 2.14. The summed E-state index contributed by atoms with van der Waals surface area (Å²) >= 11 is 0. The maximum Gasteiger partial charge on any atom is 0.339 e. The summed E-state index contributed by atoms with van der Waals surface area (Å²) in [5, 5.41) is 12.7. The number of ether oxygens (including phenoxy) is 1. The van der Waals surface area contributed by atoms with Crippen LogP contribution in [0.2, 0.25) is 0 Å². The summed E-state index contributed by atoms with van der Waals surface area (Å²) in [4.78, 5) is 18.6. The van der Waals surface area contributed by atoms with Crippen LogP contribution in [0.3, 0.4) is 0 Å². The smallest absolute Gasteiger partial charge is 0.339 e. The van der Waals surface area contributed by atoms with Crippen LogP contribution in [0.1, 0.15) is 46.6 Å². The highest BCUT2D eigenvalue weighted by Crippen LogP contribution is 2.34. The number of nitrogens with zero attached hydrogens (tertiary/aromatic N) is 3. The van der Waals surface area contributed by atoms with Crippen LogP contribution in [-0.2, 0) is 29.8 Å². The Balaban J connectivity index is 1.75. The molecule has 0 saturated heterocycles. The van der Waals surface area contributed by atoms with Crippen LogP contribution < -0.4 is 0 Å². The quantitative estimate of drug-likeness (QED) is 0.657. The van der Waals surface area contributed by atoms with Crippen molar-refractivity contribution < 1.29 is 14.6 Å². The third-order valence-electron chi connectivity index (χ3n) is 5.94. The van der Waals surface area contributed by atoms with E-state index in [-0.39, 0.29) is 0 Å². The van der Waals surface area contributed by atoms with Crippen LogP contribution >= 0.6 is 0 Å². The molecule has 1 atom stereocenters. The Bertz CT molecular complexity index is 1100. The van der Waals surface area contributed by atoms with Gasteiger partial charge in [0.05, 0.1) is 18.7 Å². The van der Waals surface area contributed by atoms with Gasteiger partial charge in [-0.05, 0) is 51.6 Å². The van der Waals surface area contributed by atoms with E-state index in [9.17, 15) is 9.90 Å². The fourth-order valence-corrected chi connectivity index (χ4v) is 4.34. The summed E-state index contributed by atoms with van der Waals surface area (Å²) in [6, 6.07) is 8.18. The number of hydrogen-bond acceptors (Lipinski definition) is 5. The molecule has 0 radical (unpaired) electrons. The Hall–Kier alpha value is -2.70. The van der Waals surface area contributed by atoms with E-state index in [2.05, 4.69) is 46.6 Å². The van der Waals surface area contributed by atoms with Gasteiger partial charge in [-0.25, -0.2) is 4.79 Å². The first-order valence-electron chi connectivity index (χ1n) is 10.4. The predicted molar refractivity (Wildman–Crippen MR) is 116 cm³/mol. The highest BCUT2D eigenvalue weighted by molar-refractivity contribution is 5.89. The average molecular weight is 408 g/mol. The largest absolute Gasteiger partial charge is 0.462 e. The van der Waals surface area contributed by atoms with Gasteiger partial charge >= 0.3 is 5.97 Å². The van der Waals surface area contributed by atoms with Crippen molar-refractivity contribution in [3.05, 3.63) is 64.6 Å². The van der Waals surface area contributed by atoms with Gasteiger partial charge in [0, 0.05) is 54.1 Å². The number of esters is 1. The molecule has 1 N–H and O–H groups in total. The van der Waals surface area contributed by atoms with Gasteiger partial charge in [-0.2, -0.15) is 0 Å². The van der Waals surface area contributed by atoms with Gasteiger partial charge in [0.2, 0.25) is 0 Å². The van der Waals surface area contributed by atoms with Crippen molar-refractivity contribution in [2.24, 2.45) is 0 Å². The lowest BCUT2D eigenvalue weighted by Gasteiger charge is -2.29. The molecule has 158 valence electrons. The van der Waals surface area contributed by atoms with E-state index < -0.39 is 11.6 Å². The average Bonchev–Trinajstić information content (AvgIpc) is 3.00. The molecule has 0 bridgehead atoms. The second-order valence-corrected chi connectivity index (χ2v) is 8.48. The SMILES string of the molecule is CCOC(=O)c1cncc(C(C)(O)Cn2c3c(c4cc(C)ccc42)CN(C)CC3)c1. The standard InChI is InChI=1S/C24H29N3O3/c1-5-30-23(28)17-11-18(13-25-12-17)24(3,29)15-27-21-7-6-16(2)10-19(21)20-14-26(4)9-8-22(20)27/h6-7,10-13,29H,5,8-9,14-15H2,1-4H3. The second kappa shape index (κ2) is 7.85. The fourth-order valence-electron chi connectivity index (χ4n) is 4.34.